The predicted molar refractivity (Wildman–Crippen MR) is 81.1 cm³/mol. The van der Waals surface area contributed by atoms with Crippen LogP contribution in [0.25, 0.3) is 0 Å². The van der Waals surface area contributed by atoms with E-state index in [0.29, 0.717) is 9.50 Å². The summed E-state index contributed by atoms with van der Waals surface area (Å²) in [4.78, 5) is 0. The van der Waals surface area contributed by atoms with Crippen LogP contribution in [0.5, 0.6) is 0 Å². The molecule has 2 aromatic carbocycles. The lowest BCUT2D eigenvalue weighted by Crippen LogP contribution is -2.19. The molecule has 0 aliphatic heterocycles. The number of likely N-dealkylation sites (N-methyl/N-ethyl adjacent to an activating group) is 1. The third kappa shape index (κ3) is 3.56. The second kappa shape index (κ2) is 6.51. The van der Waals surface area contributed by atoms with E-state index in [-0.39, 0.29) is 11.9 Å². The molecule has 2 rings (SSSR count). The molecule has 0 spiro atoms. The van der Waals surface area contributed by atoms with E-state index in [1.165, 1.54) is 6.07 Å². The van der Waals surface area contributed by atoms with Gasteiger partial charge in [0, 0.05) is 11.1 Å². The maximum Gasteiger partial charge on any atom is 0.137 e. The van der Waals surface area contributed by atoms with Gasteiger partial charge in [-0.05, 0) is 58.7 Å². The molecule has 0 saturated heterocycles. The standard InChI is InChI=1S/C15H14BrClFN/c1-19-14(9-10-4-2-5-11(17)8-10)12-6-3-7-13(18)15(12)16/h2-8,14,19H,9H2,1H3. The van der Waals surface area contributed by atoms with Gasteiger partial charge in [-0.15, -0.1) is 0 Å². The maximum absolute atomic E-state index is 13.6. The smallest absolute Gasteiger partial charge is 0.137 e. The maximum atomic E-state index is 13.6. The molecule has 0 aliphatic rings. The summed E-state index contributed by atoms with van der Waals surface area (Å²) in [7, 11) is 1.87. The summed E-state index contributed by atoms with van der Waals surface area (Å²) in [5, 5.41) is 3.93. The first kappa shape index (κ1) is 14.5. The van der Waals surface area contributed by atoms with Crippen LogP contribution in [0.1, 0.15) is 17.2 Å². The Balaban J connectivity index is 2.28. The molecule has 0 fully saturated rings. The normalized spacial score (nSPS) is 12.4. The van der Waals surface area contributed by atoms with Crippen LogP contribution in [-0.2, 0) is 6.42 Å². The largest absolute Gasteiger partial charge is 0.313 e. The van der Waals surface area contributed by atoms with Crippen molar-refractivity contribution < 1.29 is 4.39 Å². The van der Waals surface area contributed by atoms with Gasteiger partial charge in [-0.1, -0.05) is 35.9 Å². The molecule has 4 heteroatoms. The molecule has 1 N–H and O–H groups in total. The molecule has 0 aromatic heterocycles. The molecule has 1 nitrogen and oxygen atoms in total. The second-order valence-corrected chi connectivity index (χ2v) is 5.55. The Hall–Kier alpha value is -0.900. The first-order valence-corrected chi connectivity index (χ1v) is 7.14. The highest BCUT2D eigenvalue weighted by Crippen LogP contribution is 2.28. The number of hydrogen-bond donors (Lipinski definition) is 1. The van der Waals surface area contributed by atoms with E-state index in [0.717, 1.165) is 17.5 Å². The van der Waals surface area contributed by atoms with Gasteiger partial charge in [0.2, 0.25) is 0 Å². The van der Waals surface area contributed by atoms with Crippen LogP contribution in [0, 0.1) is 5.82 Å². The van der Waals surface area contributed by atoms with Gasteiger partial charge >= 0.3 is 0 Å². The van der Waals surface area contributed by atoms with Crippen molar-refractivity contribution in [2.45, 2.75) is 12.5 Å². The highest BCUT2D eigenvalue weighted by atomic mass is 79.9. The van der Waals surface area contributed by atoms with Gasteiger partial charge in [0.15, 0.2) is 0 Å². The third-order valence-electron chi connectivity index (χ3n) is 3.03. The van der Waals surface area contributed by atoms with Crippen molar-refractivity contribution in [1.82, 2.24) is 5.32 Å². The van der Waals surface area contributed by atoms with Crippen LogP contribution in [-0.4, -0.2) is 7.05 Å². The minimum absolute atomic E-state index is 0.0311. The Morgan fingerprint density at radius 3 is 2.68 bits per heavy atom. The average molecular weight is 343 g/mol. The highest BCUT2D eigenvalue weighted by Gasteiger charge is 2.15. The van der Waals surface area contributed by atoms with Crippen LogP contribution in [0.2, 0.25) is 5.02 Å². The SMILES string of the molecule is CNC(Cc1cccc(Cl)c1)c1cccc(F)c1Br. The monoisotopic (exact) mass is 341 g/mol. The molecule has 0 amide bonds. The van der Waals surface area contributed by atoms with Crippen LogP contribution < -0.4 is 5.32 Å². The number of nitrogens with one attached hydrogen (secondary N) is 1. The van der Waals surface area contributed by atoms with E-state index in [4.69, 9.17) is 11.6 Å². The second-order valence-electron chi connectivity index (χ2n) is 4.32. The van der Waals surface area contributed by atoms with E-state index in [2.05, 4.69) is 21.2 Å². The van der Waals surface area contributed by atoms with Gasteiger partial charge < -0.3 is 5.32 Å². The van der Waals surface area contributed by atoms with Crippen molar-refractivity contribution in [3.63, 3.8) is 0 Å². The Labute approximate surface area is 125 Å². The van der Waals surface area contributed by atoms with Gasteiger partial charge in [-0.2, -0.15) is 0 Å². The Morgan fingerprint density at radius 1 is 1.26 bits per heavy atom. The molecular weight excluding hydrogens is 329 g/mol. The van der Waals surface area contributed by atoms with E-state index in [1.54, 1.807) is 6.07 Å². The van der Waals surface area contributed by atoms with Gasteiger partial charge in [0.05, 0.1) is 4.47 Å². The fourth-order valence-electron chi connectivity index (χ4n) is 2.06. The summed E-state index contributed by atoms with van der Waals surface area (Å²) in [6, 6.07) is 12.8. The van der Waals surface area contributed by atoms with Crippen molar-refractivity contribution in [3.05, 3.63) is 68.9 Å². The number of hydrogen-bond acceptors (Lipinski definition) is 1. The molecule has 0 aliphatic carbocycles. The van der Waals surface area contributed by atoms with Crippen molar-refractivity contribution in [3.8, 4) is 0 Å². The zero-order chi connectivity index (χ0) is 13.8. The van der Waals surface area contributed by atoms with Crippen LogP contribution in [0.4, 0.5) is 4.39 Å². The van der Waals surface area contributed by atoms with Crippen molar-refractivity contribution in [2.24, 2.45) is 0 Å². The summed E-state index contributed by atoms with van der Waals surface area (Å²) in [5.74, 6) is -0.246. The van der Waals surface area contributed by atoms with Crippen molar-refractivity contribution >= 4 is 27.5 Å². The molecule has 0 radical (unpaired) electrons. The summed E-state index contributed by atoms with van der Waals surface area (Å²) in [6.07, 6.45) is 0.749. The van der Waals surface area contributed by atoms with E-state index in [1.807, 2.05) is 37.4 Å². The fourth-order valence-corrected chi connectivity index (χ4v) is 2.81. The van der Waals surface area contributed by atoms with Crippen LogP contribution in [0.15, 0.2) is 46.9 Å². The topological polar surface area (TPSA) is 12.0 Å². The molecule has 0 saturated carbocycles. The lowest BCUT2D eigenvalue weighted by Gasteiger charge is -2.18. The molecule has 0 bridgehead atoms. The molecular formula is C15H14BrClFN. The Bertz CT molecular complexity index is 574. The third-order valence-corrected chi connectivity index (χ3v) is 4.11. The number of benzene rings is 2. The van der Waals surface area contributed by atoms with Crippen LogP contribution >= 0.6 is 27.5 Å². The molecule has 2 aromatic rings. The minimum Gasteiger partial charge on any atom is -0.313 e. The zero-order valence-electron chi connectivity index (χ0n) is 10.5. The summed E-state index contributed by atoms with van der Waals surface area (Å²) in [6.45, 7) is 0. The van der Waals surface area contributed by atoms with Crippen molar-refractivity contribution in [1.29, 1.82) is 0 Å². The quantitative estimate of drug-likeness (QED) is 0.846. The molecule has 19 heavy (non-hydrogen) atoms. The summed E-state index contributed by atoms with van der Waals surface area (Å²) in [5.41, 5.74) is 2.02. The van der Waals surface area contributed by atoms with E-state index >= 15 is 0 Å². The van der Waals surface area contributed by atoms with E-state index < -0.39 is 0 Å². The van der Waals surface area contributed by atoms with Gasteiger partial charge in [0.1, 0.15) is 5.82 Å². The average Bonchev–Trinajstić information content (AvgIpc) is 2.40. The Morgan fingerprint density at radius 2 is 2.00 bits per heavy atom. The Kier molecular flexibility index (Phi) is 4.97. The summed E-state index contributed by atoms with van der Waals surface area (Å²) < 4.78 is 14.1. The molecule has 1 atom stereocenters. The first-order chi connectivity index (χ1) is 9.11. The lowest BCUT2D eigenvalue weighted by atomic mass is 9.99. The fraction of sp³-hybridized carbons (Fsp3) is 0.200. The first-order valence-electron chi connectivity index (χ1n) is 5.97. The molecule has 100 valence electrons. The van der Waals surface area contributed by atoms with E-state index in [9.17, 15) is 4.39 Å². The molecule has 0 heterocycles. The lowest BCUT2D eigenvalue weighted by molar-refractivity contribution is 0.571. The highest BCUT2D eigenvalue weighted by molar-refractivity contribution is 9.10. The van der Waals surface area contributed by atoms with Crippen molar-refractivity contribution in [2.75, 3.05) is 7.05 Å². The van der Waals surface area contributed by atoms with Gasteiger partial charge in [0.25, 0.3) is 0 Å². The van der Waals surface area contributed by atoms with Gasteiger partial charge in [-0.3, -0.25) is 0 Å². The summed E-state index contributed by atoms with van der Waals surface area (Å²) >= 11 is 9.29. The predicted octanol–water partition coefficient (Wildman–Crippen LogP) is 4.74. The minimum atomic E-state index is -0.246. The number of rotatable bonds is 4. The van der Waals surface area contributed by atoms with Gasteiger partial charge in [-0.25, -0.2) is 4.39 Å². The number of halogens is 3. The molecule has 1 unspecified atom stereocenters. The van der Waals surface area contributed by atoms with Crippen LogP contribution in [0.3, 0.4) is 0 Å². The zero-order valence-corrected chi connectivity index (χ0v) is 12.8.